The molecule has 5 heteroatoms. The molecule has 3 aromatic rings. The third-order valence-corrected chi connectivity index (χ3v) is 5.35. The first kappa shape index (κ1) is 19.6. The highest BCUT2D eigenvalue weighted by atomic mass is 16.2. The van der Waals surface area contributed by atoms with E-state index in [1.165, 1.54) is 11.0 Å². The molecular formula is C25H22N2O3. The first-order chi connectivity index (χ1) is 14.5. The number of carbonyl (C=O) groups excluding carboxylic acids is 3. The van der Waals surface area contributed by atoms with E-state index < -0.39 is 0 Å². The first-order valence-corrected chi connectivity index (χ1v) is 9.92. The van der Waals surface area contributed by atoms with Crippen LogP contribution in [-0.4, -0.2) is 29.2 Å². The number of nitrogens with one attached hydrogen (secondary N) is 1. The van der Waals surface area contributed by atoms with Crippen LogP contribution < -0.4 is 5.32 Å². The van der Waals surface area contributed by atoms with Crippen molar-refractivity contribution in [2.24, 2.45) is 0 Å². The van der Waals surface area contributed by atoms with Crippen LogP contribution in [0.4, 0.5) is 0 Å². The van der Waals surface area contributed by atoms with Crippen LogP contribution in [0, 0.1) is 0 Å². The highest BCUT2D eigenvalue weighted by molar-refractivity contribution is 6.22. The Morgan fingerprint density at radius 3 is 2.20 bits per heavy atom. The molecule has 0 aromatic heterocycles. The number of carbonyl (C=O) groups is 3. The van der Waals surface area contributed by atoms with E-state index in [4.69, 9.17) is 0 Å². The van der Waals surface area contributed by atoms with Gasteiger partial charge in [0.05, 0.1) is 17.7 Å². The minimum absolute atomic E-state index is 0.161. The Labute approximate surface area is 175 Å². The Hall–Kier alpha value is -3.73. The molecule has 0 saturated heterocycles. The molecule has 3 amide bonds. The van der Waals surface area contributed by atoms with Gasteiger partial charge < -0.3 is 5.32 Å². The molecule has 0 bridgehead atoms. The smallest absolute Gasteiger partial charge is 0.261 e. The SMILES string of the molecule is C[C@@H](CNC(=O)c1ccc2c(c1)C(=O)N(Cc1ccccc1)C2=O)c1ccccc1. The quantitative estimate of drug-likeness (QED) is 0.638. The molecular weight excluding hydrogens is 376 g/mol. The molecule has 4 rings (SSSR count). The number of hydrogen-bond donors (Lipinski definition) is 1. The van der Waals surface area contributed by atoms with Gasteiger partial charge in [-0.2, -0.15) is 0 Å². The van der Waals surface area contributed by atoms with Crippen LogP contribution in [0.15, 0.2) is 78.9 Å². The van der Waals surface area contributed by atoms with E-state index in [0.717, 1.165) is 11.1 Å². The predicted octanol–water partition coefficient (Wildman–Crippen LogP) is 4.02. The van der Waals surface area contributed by atoms with Crippen molar-refractivity contribution in [2.45, 2.75) is 19.4 Å². The molecule has 1 atom stereocenters. The van der Waals surface area contributed by atoms with Crippen LogP contribution in [0.5, 0.6) is 0 Å². The molecule has 1 N–H and O–H groups in total. The van der Waals surface area contributed by atoms with Gasteiger partial charge in [0.1, 0.15) is 0 Å². The fourth-order valence-corrected chi connectivity index (χ4v) is 3.59. The molecule has 5 nitrogen and oxygen atoms in total. The lowest BCUT2D eigenvalue weighted by atomic mass is 10.0. The summed E-state index contributed by atoms with van der Waals surface area (Å²) in [5, 5.41) is 2.92. The number of hydrogen-bond acceptors (Lipinski definition) is 3. The lowest BCUT2D eigenvalue weighted by Crippen LogP contribution is -2.29. The average Bonchev–Trinajstić information content (AvgIpc) is 3.03. The molecule has 3 aromatic carbocycles. The number of amides is 3. The minimum Gasteiger partial charge on any atom is -0.351 e. The number of nitrogens with zero attached hydrogens (tertiary/aromatic N) is 1. The second-order valence-electron chi connectivity index (χ2n) is 7.46. The van der Waals surface area contributed by atoms with E-state index >= 15 is 0 Å². The molecule has 0 aliphatic carbocycles. The highest BCUT2D eigenvalue weighted by Crippen LogP contribution is 2.26. The molecule has 0 radical (unpaired) electrons. The van der Waals surface area contributed by atoms with E-state index in [9.17, 15) is 14.4 Å². The van der Waals surface area contributed by atoms with Crippen molar-refractivity contribution in [1.82, 2.24) is 10.2 Å². The zero-order chi connectivity index (χ0) is 21.1. The van der Waals surface area contributed by atoms with Crippen molar-refractivity contribution in [3.8, 4) is 0 Å². The van der Waals surface area contributed by atoms with Crippen LogP contribution in [-0.2, 0) is 6.54 Å². The van der Waals surface area contributed by atoms with Gasteiger partial charge in [-0.05, 0) is 35.2 Å². The van der Waals surface area contributed by atoms with Crippen molar-refractivity contribution in [3.05, 3.63) is 107 Å². The van der Waals surface area contributed by atoms with Crippen molar-refractivity contribution in [1.29, 1.82) is 0 Å². The molecule has 0 fully saturated rings. The summed E-state index contributed by atoms with van der Waals surface area (Å²) in [5.74, 6) is -0.800. The number of fused-ring (bicyclic) bond motifs is 1. The maximum atomic E-state index is 12.8. The standard InChI is InChI=1S/C25H22N2O3/c1-17(19-10-6-3-7-11-19)15-26-23(28)20-12-13-21-22(14-20)25(30)27(24(21)29)16-18-8-4-2-5-9-18/h2-14,17H,15-16H2,1H3,(H,26,28)/t17-/m0/s1. The molecule has 1 aliphatic rings. The Bertz CT molecular complexity index is 1090. The van der Waals surface area contributed by atoms with Gasteiger partial charge in [0.25, 0.3) is 17.7 Å². The maximum Gasteiger partial charge on any atom is 0.261 e. The summed E-state index contributed by atoms with van der Waals surface area (Å²) >= 11 is 0. The van der Waals surface area contributed by atoms with E-state index in [0.29, 0.717) is 17.7 Å². The third-order valence-electron chi connectivity index (χ3n) is 5.35. The molecule has 150 valence electrons. The van der Waals surface area contributed by atoms with E-state index in [2.05, 4.69) is 5.32 Å². The van der Waals surface area contributed by atoms with Crippen LogP contribution in [0.3, 0.4) is 0 Å². The van der Waals surface area contributed by atoms with Crippen LogP contribution >= 0.6 is 0 Å². The van der Waals surface area contributed by atoms with Gasteiger partial charge in [-0.25, -0.2) is 0 Å². The van der Waals surface area contributed by atoms with Gasteiger partial charge in [0.2, 0.25) is 0 Å². The van der Waals surface area contributed by atoms with Crippen molar-refractivity contribution < 1.29 is 14.4 Å². The van der Waals surface area contributed by atoms with Crippen LogP contribution in [0.25, 0.3) is 0 Å². The minimum atomic E-state index is -0.369. The van der Waals surface area contributed by atoms with Gasteiger partial charge in [-0.3, -0.25) is 19.3 Å². The Morgan fingerprint density at radius 1 is 0.867 bits per heavy atom. The fraction of sp³-hybridized carbons (Fsp3) is 0.160. The van der Waals surface area contributed by atoms with E-state index in [-0.39, 0.29) is 35.7 Å². The zero-order valence-corrected chi connectivity index (χ0v) is 16.7. The summed E-state index contributed by atoms with van der Waals surface area (Å²) < 4.78 is 0. The predicted molar refractivity (Wildman–Crippen MR) is 114 cm³/mol. The summed E-state index contributed by atoms with van der Waals surface area (Å²) in [5.41, 5.74) is 3.01. The van der Waals surface area contributed by atoms with Crippen LogP contribution in [0.2, 0.25) is 0 Å². The zero-order valence-electron chi connectivity index (χ0n) is 16.7. The normalized spacial score (nSPS) is 13.8. The topological polar surface area (TPSA) is 66.5 Å². The van der Waals surface area contributed by atoms with E-state index in [1.807, 2.05) is 67.6 Å². The average molecular weight is 398 g/mol. The molecule has 0 saturated carbocycles. The first-order valence-electron chi connectivity index (χ1n) is 9.92. The van der Waals surface area contributed by atoms with Gasteiger partial charge in [-0.1, -0.05) is 67.6 Å². The molecule has 0 unspecified atom stereocenters. The number of benzene rings is 3. The van der Waals surface area contributed by atoms with Crippen molar-refractivity contribution in [3.63, 3.8) is 0 Å². The summed E-state index contributed by atoms with van der Waals surface area (Å²) in [4.78, 5) is 39.3. The lowest BCUT2D eigenvalue weighted by molar-refractivity contribution is 0.0642. The summed E-state index contributed by atoms with van der Waals surface area (Å²) in [6, 6.07) is 24.0. The highest BCUT2D eigenvalue weighted by Gasteiger charge is 2.36. The Balaban J connectivity index is 1.46. The third kappa shape index (κ3) is 3.87. The molecule has 30 heavy (non-hydrogen) atoms. The van der Waals surface area contributed by atoms with E-state index in [1.54, 1.807) is 12.1 Å². The van der Waals surface area contributed by atoms with Crippen LogP contribution in [0.1, 0.15) is 55.0 Å². The largest absolute Gasteiger partial charge is 0.351 e. The number of imide groups is 1. The van der Waals surface area contributed by atoms with Gasteiger partial charge >= 0.3 is 0 Å². The number of rotatable bonds is 6. The summed E-state index contributed by atoms with van der Waals surface area (Å²) in [6.45, 7) is 2.73. The Morgan fingerprint density at radius 2 is 1.50 bits per heavy atom. The molecule has 1 heterocycles. The molecule has 1 aliphatic heterocycles. The van der Waals surface area contributed by atoms with Crippen molar-refractivity contribution >= 4 is 17.7 Å². The molecule has 0 spiro atoms. The maximum absolute atomic E-state index is 12.8. The van der Waals surface area contributed by atoms with Gasteiger partial charge in [0.15, 0.2) is 0 Å². The summed E-state index contributed by atoms with van der Waals surface area (Å²) in [6.07, 6.45) is 0. The fourth-order valence-electron chi connectivity index (χ4n) is 3.59. The van der Waals surface area contributed by atoms with Gasteiger partial charge in [-0.15, -0.1) is 0 Å². The monoisotopic (exact) mass is 398 g/mol. The Kier molecular flexibility index (Phi) is 5.44. The second kappa shape index (κ2) is 8.33. The second-order valence-corrected chi connectivity index (χ2v) is 7.46. The summed E-state index contributed by atoms with van der Waals surface area (Å²) in [7, 11) is 0. The van der Waals surface area contributed by atoms with Crippen molar-refractivity contribution in [2.75, 3.05) is 6.54 Å². The van der Waals surface area contributed by atoms with Gasteiger partial charge in [0, 0.05) is 12.1 Å². The lowest BCUT2D eigenvalue weighted by Gasteiger charge is -2.13.